The lowest BCUT2D eigenvalue weighted by Gasteiger charge is -2.02. The Bertz CT molecular complexity index is 454. The van der Waals surface area contributed by atoms with Crippen molar-refractivity contribution >= 4 is 11.9 Å². The van der Waals surface area contributed by atoms with Gasteiger partial charge in [-0.05, 0) is 30.9 Å². The molecule has 1 N–H and O–H groups in total. The largest absolute Gasteiger partial charge is 0.469 e. The summed E-state index contributed by atoms with van der Waals surface area (Å²) in [6.07, 6.45) is 7.21. The van der Waals surface area contributed by atoms with Crippen LogP contribution in [0.1, 0.15) is 31.2 Å². The van der Waals surface area contributed by atoms with Gasteiger partial charge in [-0.1, -0.05) is 42.8 Å². The number of unbranched alkanes of at least 4 members (excludes halogenated alkanes) is 2. The third-order valence-electron chi connectivity index (χ3n) is 3.05. The molecule has 1 aromatic rings. The molecule has 0 aliphatic rings. The van der Waals surface area contributed by atoms with Gasteiger partial charge in [-0.15, -0.1) is 0 Å². The van der Waals surface area contributed by atoms with Gasteiger partial charge in [0.1, 0.15) is 0 Å². The molecule has 0 aliphatic carbocycles. The van der Waals surface area contributed by atoms with Crippen LogP contribution in [0.5, 0.6) is 0 Å². The average molecular weight is 289 g/mol. The van der Waals surface area contributed by atoms with Crippen LogP contribution < -0.4 is 5.32 Å². The lowest BCUT2D eigenvalue weighted by molar-refractivity contribution is -0.140. The highest BCUT2D eigenvalue weighted by molar-refractivity contribution is 5.87. The van der Waals surface area contributed by atoms with Crippen LogP contribution in [0, 0.1) is 0 Å². The highest BCUT2D eigenvalue weighted by Crippen LogP contribution is 2.01. The second-order valence-corrected chi connectivity index (χ2v) is 4.77. The maximum Gasteiger partial charge on any atom is 0.305 e. The number of benzene rings is 1. The lowest BCUT2D eigenvalue weighted by Crippen LogP contribution is -2.22. The van der Waals surface area contributed by atoms with Crippen molar-refractivity contribution in [1.29, 1.82) is 0 Å². The summed E-state index contributed by atoms with van der Waals surface area (Å²) in [5.41, 5.74) is 1.18. The summed E-state index contributed by atoms with van der Waals surface area (Å²) in [5.74, 6) is -0.248. The minimum atomic E-state index is -0.178. The Kier molecular flexibility index (Phi) is 8.61. The lowest BCUT2D eigenvalue weighted by atomic mass is 10.1. The number of carbonyl (C=O) groups is 2. The molecule has 0 unspecified atom stereocenters. The minimum Gasteiger partial charge on any atom is -0.469 e. The fourth-order valence-corrected chi connectivity index (χ4v) is 1.86. The monoisotopic (exact) mass is 289 g/mol. The quantitative estimate of drug-likeness (QED) is 0.432. The molecule has 114 valence electrons. The van der Waals surface area contributed by atoms with Crippen LogP contribution in [0.15, 0.2) is 42.5 Å². The van der Waals surface area contributed by atoms with Crippen LogP contribution in [0.3, 0.4) is 0 Å². The van der Waals surface area contributed by atoms with E-state index in [2.05, 4.69) is 10.1 Å². The molecule has 1 amide bonds. The van der Waals surface area contributed by atoms with Crippen molar-refractivity contribution in [2.45, 2.75) is 32.1 Å². The Morgan fingerprint density at radius 3 is 2.62 bits per heavy atom. The van der Waals surface area contributed by atoms with E-state index in [0.29, 0.717) is 13.0 Å². The summed E-state index contributed by atoms with van der Waals surface area (Å²) in [7, 11) is 1.39. The zero-order valence-electron chi connectivity index (χ0n) is 12.5. The molecule has 4 nitrogen and oxygen atoms in total. The van der Waals surface area contributed by atoms with Crippen molar-refractivity contribution in [3.63, 3.8) is 0 Å². The molecule has 0 fully saturated rings. The SMILES string of the molecule is COC(=O)CCCCCNC(=O)/C=C/Cc1ccccc1. The first-order chi connectivity index (χ1) is 10.2. The summed E-state index contributed by atoms with van der Waals surface area (Å²) >= 11 is 0. The number of esters is 1. The van der Waals surface area contributed by atoms with E-state index in [0.717, 1.165) is 25.7 Å². The molecule has 1 aromatic carbocycles. The molecule has 4 heteroatoms. The van der Waals surface area contributed by atoms with Crippen LogP contribution in [0.4, 0.5) is 0 Å². The Hall–Kier alpha value is -2.10. The summed E-state index contributed by atoms with van der Waals surface area (Å²) in [6, 6.07) is 10.0. The molecule has 1 rings (SSSR count). The van der Waals surface area contributed by atoms with Crippen molar-refractivity contribution in [1.82, 2.24) is 5.32 Å². The van der Waals surface area contributed by atoms with Crippen LogP contribution >= 0.6 is 0 Å². The molecule has 0 radical (unpaired) electrons. The van der Waals surface area contributed by atoms with Crippen LogP contribution in [0.2, 0.25) is 0 Å². The van der Waals surface area contributed by atoms with Crippen molar-refractivity contribution in [2.75, 3.05) is 13.7 Å². The molecule has 0 bridgehead atoms. The van der Waals surface area contributed by atoms with Gasteiger partial charge in [0, 0.05) is 13.0 Å². The predicted octanol–water partition coefficient (Wildman–Crippen LogP) is 2.63. The topological polar surface area (TPSA) is 55.4 Å². The Labute approximate surface area is 126 Å². The second kappa shape index (κ2) is 10.7. The zero-order valence-corrected chi connectivity index (χ0v) is 12.5. The molecular formula is C17H23NO3. The van der Waals surface area contributed by atoms with Gasteiger partial charge in [-0.3, -0.25) is 9.59 Å². The number of amides is 1. The Morgan fingerprint density at radius 1 is 1.14 bits per heavy atom. The van der Waals surface area contributed by atoms with E-state index in [9.17, 15) is 9.59 Å². The van der Waals surface area contributed by atoms with Crippen LogP contribution in [0.25, 0.3) is 0 Å². The first-order valence-corrected chi connectivity index (χ1v) is 7.27. The van der Waals surface area contributed by atoms with Crippen molar-refractivity contribution < 1.29 is 14.3 Å². The molecular weight excluding hydrogens is 266 g/mol. The molecule has 0 atom stereocenters. The van der Waals surface area contributed by atoms with Crippen molar-refractivity contribution in [3.8, 4) is 0 Å². The fourth-order valence-electron chi connectivity index (χ4n) is 1.86. The van der Waals surface area contributed by atoms with E-state index in [1.165, 1.54) is 12.7 Å². The van der Waals surface area contributed by atoms with Gasteiger partial charge in [-0.2, -0.15) is 0 Å². The number of carbonyl (C=O) groups excluding carboxylic acids is 2. The number of hydrogen-bond acceptors (Lipinski definition) is 3. The normalized spacial score (nSPS) is 10.5. The molecule has 21 heavy (non-hydrogen) atoms. The standard InChI is InChI=1S/C17H23NO3/c1-21-17(20)13-6-3-7-14-18-16(19)12-8-11-15-9-4-2-5-10-15/h2,4-5,8-10,12H,3,6-7,11,13-14H2,1H3,(H,18,19)/b12-8+. The van der Waals surface area contributed by atoms with E-state index < -0.39 is 0 Å². The Morgan fingerprint density at radius 2 is 1.90 bits per heavy atom. The third kappa shape index (κ3) is 8.63. The summed E-state index contributed by atoms with van der Waals surface area (Å²) in [4.78, 5) is 22.4. The van der Waals surface area contributed by atoms with Gasteiger partial charge >= 0.3 is 5.97 Å². The highest BCUT2D eigenvalue weighted by atomic mass is 16.5. The van der Waals surface area contributed by atoms with E-state index in [1.54, 1.807) is 6.08 Å². The van der Waals surface area contributed by atoms with Gasteiger partial charge in [-0.25, -0.2) is 0 Å². The van der Waals surface area contributed by atoms with E-state index in [-0.39, 0.29) is 11.9 Å². The number of methoxy groups -OCH3 is 1. The maximum absolute atomic E-state index is 11.5. The van der Waals surface area contributed by atoms with Gasteiger partial charge in [0.05, 0.1) is 7.11 Å². The smallest absolute Gasteiger partial charge is 0.305 e. The summed E-state index contributed by atoms with van der Waals surface area (Å²) in [6.45, 7) is 0.635. The molecule has 0 heterocycles. The zero-order chi connectivity index (χ0) is 15.3. The maximum atomic E-state index is 11.5. The van der Waals surface area contributed by atoms with Crippen LogP contribution in [-0.2, 0) is 20.7 Å². The third-order valence-corrected chi connectivity index (χ3v) is 3.05. The van der Waals surface area contributed by atoms with Crippen molar-refractivity contribution in [3.05, 3.63) is 48.0 Å². The summed E-state index contributed by atoms with van der Waals surface area (Å²) in [5, 5.41) is 2.83. The highest BCUT2D eigenvalue weighted by Gasteiger charge is 1.99. The first kappa shape index (κ1) is 17.0. The average Bonchev–Trinajstić information content (AvgIpc) is 2.51. The van der Waals surface area contributed by atoms with E-state index >= 15 is 0 Å². The number of hydrogen-bond donors (Lipinski definition) is 1. The summed E-state index contributed by atoms with van der Waals surface area (Å²) < 4.78 is 4.56. The molecule has 0 saturated carbocycles. The van der Waals surface area contributed by atoms with Crippen molar-refractivity contribution in [2.24, 2.45) is 0 Å². The minimum absolute atomic E-state index is 0.0705. The van der Waals surface area contributed by atoms with Gasteiger partial charge < -0.3 is 10.1 Å². The van der Waals surface area contributed by atoms with E-state index in [4.69, 9.17) is 0 Å². The van der Waals surface area contributed by atoms with E-state index in [1.807, 2.05) is 36.4 Å². The first-order valence-electron chi connectivity index (χ1n) is 7.27. The number of ether oxygens (including phenoxy) is 1. The predicted molar refractivity (Wildman–Crippen MR) is 82.8 cm³/mol. The fraction of sp³-hybridized carbons (Fsp3) is 0.412. The molecule has 0 saturated heterocycles. The molecule has 0 aromatic heterocycles. The number of nitrogens with one attached hydrogen (secondary N) is 1. The molecule has 0 spiro atoms. The second-order valence-electron chi connectivity index (χ2n) is 4.77. The van der Waals surface area contributed by atoms with Gasteiger partial charge in [0.15, 0.2) is 0 Å². The number of allylic oxidation sites excluding steroid dienone is 1. The van der Waals surface area contributed by atoms with Gasteiger partial charge in [0.25, 0.3) is 0 Å². The van der Waals surface area contributed by atoms with Gasteiger partial charge in [0.2, 0.25) is 5.91 Å². The van der Waals surface area contributed by atoms with Crippen LogP contribution in [-0.4, -0.2) is 25.5 Å². The number of rotatable bonds is 9. The molecule has 0 aliphatic heterocycles. The Balaban J connectivity index is 2.05.